The second-order valence-corrected chi connectivity index (χ2v) is 5.32. The van der Waals surface area contributed by atoms with E-state index in [9.17, 15) is 0 Å². The Labute approximate surface area is 88.8 Å². The van der Waals surface area contributed by atoms with Gasteiger partial charge in [-0.25, -0.2) is 0 Å². The highest BCUT2D eigenvalue weighted by Gasteiger charge is 2.37. The molecule has 2 nitrogen and oxygen atoms in total. The van der Waals surface area contributed by atoms with E-state index in [-0.39, 0.29) is 0 Å². The number of nitrogens with zero attached hydrogens (tertiary/aromatic N) is 1. The molecule has 1 aliphatic carbocycles. The van der Waals surface area contributed by atoms with Crippen LogP contribution in [0.2, 0.25) is 0 Å². The summed E-state index contributed by atoms with van der Waals surface area (Å²) in [4.78, 5) is 2.48. The predicted octanol–water partition coefficient (Wildman–Crippen LogP) is 2.23. The van der Waals surface area contributed by atoms with Crippen molar-refractivity contribution in [3.63, 3.8) is 0 Å². The van der Waals surface area contributed by atoms with Crippen molar-refractivity contribution in [1.82, 2.24) is 4.90 Å². The van der Waals surface area contributed by atoms with Gasteiger partial charge < -0.3 is 5.73 Å². The van der Waals surface area contributed by atoms with Crippen LogP contribution < -0.4 is 5.73 Å². The molecule has 0 atom stereocenters. The SMILES string of the molecule is CC1CCC(CN)(N(C)C(C)C)CC1. The van der Waals surface area contributed by atoms with E-state index in [4.69, 9.17) is 5.73 Å². The quantitative estimate of drug-likeness (QED) is 0.753. The third-order valence-corrected chi connectivity index (χ3v) is 4.11. The van der Waals surface area contributed by atoms with E-state index in [0.29, 0.717) is 11.6 Å². The molecule has 0 saturated heterocycles. The second-order valence-electron chi connectivity index (χ2n) is 5.32. The summed E-state index contributed by atoms with van der Waals surface area (Å²) in [6.07, 6.45) is 5.24. The summed E-state index contributed by atoms with van der Waals surface area (Å²) in [6, 6.07) is 0.604. The van der Waals surface area contributed by atoms with Gasteiger partial charge in [-0.3, -0.25) is 4.90 Å². The Morgan fingerprint density at radius 2 is 1.86 bits per heavy atom. The molecule has 14 heavy (non-hydrogen) atoms. The van der Waals surface area contributed by atoms with Gasteiger partial charge in [-0.1, -0.05) is 6.92 Å². The molecular weight excluding hydrogens is 172 g/mol. The van der Waals surface area contributed by atoms with Gasteiger partial charge in [-0.05, 0) is 52.5 Å². The van der Waals surface area contributed by atoms with Crippen LogP contribution >= 0.6 is 0 Å². The standard InChI is InChI=1S/C12H26N2/c1-10(2)14(4)12(9-13)7-5-11(3)6-8-12/h10-11H,5-9,13H2,1-4H3. The molecule has 0 heterocycles. The van der Waals surface area contributed by atoms with Crippen LogP contribution in [0.15, 0.2) is 0 Å². The van der Waals surface area contributed by atoms with Gasteiger partial charge in [-0.15, -0.1) is 0 Å². The Balaban J connectivity index is 2.67. The van der Waals surface area contributed by atoms with E-state index >= 15 is 0 Å². The fraction of sp³-hybridized carbons (Fsp3) is 1.00. The van der Waals surface area contributed by atoms with Gasteiger partial charge in [0.05, 0.1) is 0 Å². The predicted molar refractivity (Wildman–Crippen MR) is 62.3 cm³/mol. The van der Waals surface area contributed by atoms with E-state index < -0.39 is 0 Å². The van der Waals surface area contributed by atoms with Gasteiger partial charge in [0.15, 0.2) is 0 Å². The molecule has 0 aromatic carbocycles. The lowest BCUT2D eigenvalue weighted by Crippen LogP contribution is -2.56. The molecule has 0 aliphatic heterocycles. The van der Waals surface area contributed by atoms with E-state index in [2.05, 4.69) is 32.7 Å². The van der Waals surface area contributed by atoms with Crippen molar-refractivity contribution < 1.29 is 0 Å². The third kappa shape index (κ3) is 2.29. The maximum absolute atomic E-state index is 5.98. The Hall–Kier alpha value is -0.0800. The molecule has 84 valence electrons. The Kier molecular flexibility index (Phi) is 3.96. The summed E-state index contributed by atoms with van der Waals surface area (Å²) in [5, 5.41) is 0. The fourth-order valence-electron chi connectivity index (χ4n) is 2.55. The average molecular weight is 198 g/mol. The van der Waals surface area contributed by atoms with Crippen LogP contribution in [-0.2, 0) is 0 Å². The summed E-state index contributed by atoms with van der Waals surface area (Å²) in [7, 11) is 2.23. The minimum absolute atomic E-state index is 0.292. The summed E-state index contributed by atoms with van der Waals surface area (Å²) >= 11 is 0. The number of rotatable bonds is 3. The summed E-state index contributed by atoms with van der Waals surface area (Å²) in [6.45, 7) is 7.69. The van der Waals surface area contributed by atoms with Crippen LogP contribution in [0.1, 0.15) is 46.5 Å². The van der Waals surface area contributed by atoms with Crippen molar-refractivity contribution in [3.8, 4) is 0 Å². The van der Waals surface area contributed by atoms with Gasteiger partial charge in [-0.2, -0.15) is 0 Å². The lowest BCUT2D eigenvalue weighted by Gasteiger charge is -2.47. The maximum Gasteiger partial charge on any atom is 0.0331 e. The Bertz CT molecular complexity index is 169. The first-order valence-electron chi connectivity index (χ1n) is 5.95. The molecule has 1 fully saturated rings. The minimum atomic E-state index is 0.292. The molecular formula is C12H26N2. The van der Waals surface area contributed by atoms with Crippen LogP contribution in [0, 0.1) is 5.92 Å². The Morgan fingerprint density at radius 3 is 2.21 bits per heavy atom. The number of nitrogens with two attached hydrogens (primary N) is 1. The molecule has 0 bridgehead atoms. The average Bonchev–Trinajstić information content (AvgIpc) is 2.18. The van der Waals surface area contributed by atoms with Gasteiger partial charge >= 0.3 is 0 Å². The van der Waals surface area contributed by atoms with Gasteiger partial charge in [0, 0.05) is 18.1 Å². The fourth-order valence-corrected chi connectivity index (χ4v) is 2.55. The van der Waals surface area contributed by atoms with Gasteiger partial charge in [0.2, 0.25) is 0 Å². The number of hydrogen-bond donors (Lipinski definition) is 1. The zero-order valence-electron chi connectivity index (χ0n) is 10.2. The first kappa shape index (κ1) is 12.0. The highest BCUT2D eigenvalue weighted by molar-refractivity contribution is 4.95. The second kappa shape index (κ2) is 4.63. The number of likely N-dealkylation sites (N-methyl/N-ethyl adjacent to an activating group) is 1. The van der Waals surface area contributed by atoms with Crippen molar-refractivity contribution >= 4 is 0 Å². The van der Waals surface area contributed by atoms with Crippen LogP contribution in [0.4, 0.5) is 0 Å². The highest BCUT2D eigenvalue weighted by Crippen LogP contribution is 2.35. The van der Waals surface area contributed by atoms with Gasteiger partial charge in [0.25, 0.3) is 0 Å². The molecule has 0 aromatic heterocycles. The molecule has 1 aliphatic rings. The zero-order chi connectivity index (χ0) is 10.8. The van der Waals surface area contributed by atoms with Crippen molar-refractivity contribution in [2.75, 3.05) is 13.6 Å². The van der Waals surface area contributed by atoms with Crippen molar-refractivity contribution in [2.45, 2.75) is 58.0 Å². The first-order valence-corrected chi connectivity index (χ1v) is 5.95. The molecule has 0 unspecified atom stereocenters. The highest BCUT2D eigenvalue weighted by atomic mass is 15.2. The molecule has 2 N–H and O–H groups in total. The van der Waals surface area contributed by atoms with E-state index in [1.54, 1.807) is 0 Å². The van der Waals surface area contributed by atoms with Crippen LogP contribution in [-0.4, -0.2) is 30.1 Å². The third-order valence-electron chi connectivity index (χ3n) is 4.11. The normalized spacial score (nSPS) is 34.1. The van der Waals surface area contributed by atoms with Crippen LogP contribution in [0.5, 0.6) is 0 Å². The lowest BCUT2D eigenvalue weighted by molar-refractivity contribution is 0.0437. The molecule has 0 amide bonds. The molecule has 0 radical (unpaired) electrons. The largest absolute Gasteiger partial charge is 0.329 e. The van der Waals surface area contributed by atoms with Crippen LogP contribution in [0.25, 0.3) is 0 Å². The van der Waals surface area contributed by atoms with Crippen molar-refractivity contribution in [2.24, 2.45) is 11.7 Å². The van der Waals surface area contributed by atoms with Gasteiger partial charge in [0.1, 0.15) is 0 Å². The molecule has 2 heteroatoms. The molecule has 1 saturated carbocycles. The minimum Gasteiger partial charge on any atom is -0.329 e. The van der Waals surface area contributed by atoms with E-state index in [0.717, 1.165) is 12.5 Å². The van der Waals surface area contributed by atoms with E-state index in [1.165, 1.54) is 25.7 Å². The Morgan fingerprint density at radius 1 is 1.36 bits per heavy atom. The van der Waals surface area contributed by atoms with E-state index in [1.807, 2.05) is 0 Å². The summed E-state index contributed by atoms with van der Waals surface area (Å²) in [5.41, 5.74) is 6.27. The van der Waals surface area contributed by atoms with Crippen LogP contribution in [0.3, 0.4) is 0 Å². The van der Waals surface area contributed by atoms with Crippen molar-refractivity contribution in [1.29, 1.82) is 0 Å². The number of hydrogen-bond acceptors (Lipinski definition) is 2. The smallest absolute Gasteiger partial charge is 0.0331 e. The summed E-state index contributed by atoms with van der Waals surface area (Å²) in [5.74, 6) is 0.898. The summed E-state index contributed by atoms with van der Waals surface area (Å²) < 4.78 is 0. The van der Waals surface area contributed by atoms with Crippen molar-refractivity contribution in [3.05, 3.63) is 0 Å². The molecule has 0 aromatic rings. The molecule has 0 spiro atoms. The lowest BCUT2D eigenvalue weighted by atomic mass is 9.76. The zero-order valence-corrected chi connectivity index (χ0v) is 10.2. The monoisotopic (exact) mass is 198 g/mol. The first-order chi connectivity index (χ1) is 6.52. The maximum atomic E-state index is 5.98. The molecule has 1 rings (SSSR count). The topological polar surface area (TPSA) is 29.3 Å².